The number of esters is 1. The lowest BCUT2D eigenvalue weighted by Crippen LogP contribution is -2.29. The van der Waals surface area contributed by atoms with Crippen molar-refractivity contribution >= 4 is 5.97 Å². The minimum Gasteiger partial charge on any atom is -0.508 e. The fraction of sp³-hybridized carbons (Fsp3) is 0.208. The average Bonchev–Trinajstić information content (AvgIpc) is 2.96. The summed E-state index contributed by atoms with van der Waals surface area (Å²) in [5, 5.41) is 9.70. The lowest BCUT2D eigenvalue weighted by molar-refractivity contribution is 0.0249. The Hall–Kier alpha value is -3.07. The Kier molecular flexibility index (Phi) is 5.31. The molecule has 1 N–H and O–H groups in total. The highest BCUT2D eigenvalue weighted by Crippen LogP contribution is 2.47. The number of fused-ring (bicyclic) bond motifs is 1. The second-order valence-corrected chi connectivity index (χ2v) is 7.05. The molecule has 0 spiro atoms. The molecule has 0 amide bonds. The third-order valence-electron chi connectivity index (χ3n) is 4.69. The fourth-order valence-corrected chi connectivity index (χ4v) is 3.36. The summed E-state index contributed by atoms with van der Waals surface area (Å²) in [7, 11) is 0. The number of hydrogen-bond donors (Lipinski definition) is 1. The van der Waals surface area contributed by atoms with Crippen LogP contribution in [-0.4, -0.2) is 11.1 Å². The van der Waals surface area contributed by atoms with Crippen LogP contribution in [-0.2, 0) is 10.3 Å². The number of carbonyl (C=O) groups excluding carboxylic acids is 1. The summed E-state index contributed by atoms with van der Waals surface area (Å²) in [4.78, 5) is 12.6. The van der Waals surface area contributed by atoms with Gasteiger partial charge in [0, 0.05) is 16.7 Å². The number of rotatable bonds is 6. The Bertz CT molecular complexity index is 903. The molecule has 3 heteroatoms. The van der Waals surface area contributed by atoms with Crippen LogP contribution >= 0.6 is 0 Å². The average molecular weight is 360 g/mol. The van der Waals surface area contributed by atoms with Gasteiger partial charge in [0.05, 0.1) is 5.56 Å². The highest BCUT2D eigenvalue weighted by molar-refractivity contribution is 5.96. The standard InChI is InChI=1S/C24H24O3/c1-4-18(10-6-5-9-17(2)3)24(19-13-15-20(25)16-14-19)22-12-8-7-11-21(22)23(26)27-24/h4-8,10-17,25H,1,9H2,2-3H3/b6-5-,18-10+. The monoisotopic (exact) mass is 360 g/mol. The fourth-order valence-electron chi connectivity index (χ4n) is 3.36. The summed E-state index contributed by atoms with van der Waals surface area (Å²) in [5.41, 5.74) is 1.78. The van der Waals surface area contributed by atoms with Gasteiger partial charge >= 0.3 is 5.97 Å². The van der Waals surface area contributed by atoms with Gasteiger partial charge in [-0.05, 0) is 30.5 Å². The molecule has 1 heterocycles. The van der Waals surface area contributed by atoms with Crippen LogP contribution in [0.25, 0.3) is 0 Å². The van der Waals surface area contributed by atoms with Crippen molar-refractivity contribution in [1.29, 1.82) is 0 Å². The molecule has 0 radical (unpaired) electrons. The zero-order chi connectivity index (χ0) is 19.4. The van der Waals surface area contributed by atoms with Crippen LogP contribution in [0.2, 0.25) is 0 Å². The molecule has 0 saturated carbocycles. The number of aromatic hydroxyl groups is 1. The largest absolute Gasteiger partial charge is 0.508 e. The summed E-state index contributed by atoms with van der Waals surface area (Å²) >= 11 is 0. The number of cyclic esters (lactones) is 1. The van der Waals surface area contributed by atoms with E-state index in [0.717, 1.165) is 23.1 Å². The number of ether oxygens (including phenoxy) is 1. The summed E-state index contributed by atoms with van der Waals surface area (Å²) in [6.07, 6.45) is 8.71. The molecule has 1 unspecified atom stereocenters. The van der Waals surface area contributed by atoms with E-state index in [1.165, 1.54) is 0 Å². The van der Waals surface area contributed by atoms with Crippen LogP contribution in [0.4, 0.5) is 0 Å². The minimum absolute atomic E-state index is 0.160. The number of benzene rings is 2. The third kappa shape index (κ3) is 3.45. The topological polar surface area (TPSA) is 46.5 Å². The molecule has 3 nitrogen and oxygen atoms in total. The van der Waals surface area contributed by atoms with E-state index in [-0.39, 0.29) is 11.7 Å². The lowest BCUT2D eigenvalue weighted by Gasteiger charge is -2.31. The zero-order valence-electron chi connectivity index (χ0n) is 15.7. The summed E-state index contributed by atoms with van der Waals surface area (Å²) in [5.74, 6) is 0.364. The smallest absolute Gasteiger partial charge is 0.340 e. The highest BCUT2D eigenvalue weighted by Gasteiger charge is 2.48. The molecule has 138 valence electrons. The van der Waals surface area contributed by atoms with E-state index in [9.17, 15) is 9.90 Å². The van der Waals surface area contributed by atoms with Crippen LogP contribution in [0.15, 0.2) is 85.0 Å². The van der Waals surface area contributed by atoms with Gasteiger partial charge in [0.2, 0.25) is 0 Å². The predicted octanol–water partition coefficient (Wildman–Crippen LogP) is 5.52. The van der Waals surface area contributed by atoms with Crippen molar-refractivity contribution in [2.24, 2.45) is 5.92 Å². The maximum Gasteiger partial charge on any atom is 0.340 e. The van der Waals surface area contributed by atoms with Gasteiger partial charge in [0.1, 0.15) is 5.75 Å². The van der Waals surface area contributed by atoms with Crippen LogP contribution in [0.1, 0.15) is 41.8 Å². The van der Waals surface area contributed by atoms with Crippen LogP contribution < -0.4 is 0 Å². The Morgan fingerprint density at radius 3 is 2.56 bits per heavy atom. The molecule has 27 heavy (non-hydrogen) atoms. The second-order valence-electron chi connectivity index (χ2n) is 7.05. The van der Waals surface area contributed by atoms with Crippen molar-refractivity contribution < 1.29 is 14.6 Å². The second kappa shape index (κ2) is 7.67. The molecule has 2 aromatic carbocycles. The molecule has 0 saturated heterocycles. The van der Waals surface area contributed by atoms with Crippen LogP contribution in [0.5, 0.6) is 5.75 Å². The van der Waals surface area contributed by atoms with Gasteiger partial charge in [-0.25, -0.2) is 4.79 Å². The molecule has 0 bridgehead atoms. The first kappa shape index (κ1) is 18.7. The summed E-state index contributed by atoms with van der Waals surface area (Å²) in [6, 6.07) is 14.2. The van der Waals surface area contributed by atoms with E-state index in [2.05, 4.69) is 26.5 Å². The normalized spacial score (nSPS) is 19.4. The van der Waals surface area contributed by atoms with Crippen molar-refractivity contribution in [2.45, 2.75) is 25.9 Å². The van der Waals surface area contributed by atoms with Gasteiger partial charge in [0.15, 0.2) is 5.60 Å². The maximum absolute atomic E-state index is 12.6. The lowest BCUT2D eigenvalue weighted by atomic mass is 9.79. The Morgan fingerprint density at radius 2 is 1.89 bits per heavy atom. The quantitative estimate of drug-likeness (QED) is 0.545. The number of phenols is 1. The number of phenolic OH excluding ortho intramolecular Hbond substituents is 1. The maximum atomic E-state index is 12.6. The molecule has 2 aromatic rings. The first-order valence-electron chi connectivity index (χ1n) is 9.11. The van der Waals surface area contributed by atoms with E-state index in [4.69, 9.17) is 4.74 Å². The predicted molar refractivity (Wildman–Crippen MR) is 108 cm³/mol. The third-order valence-corrected chi connectivity index (χ3v) is 4.69. The van der Waals surface area contributed by atoms with Crippen LogP contribution in [0, 0.1) is 5.92 Å². The van der Waals surface area contributed by atoms with Gasteiger partial charge in [0.25, 0.3) is 0 Å². The minimum atomic E-state index is -1.08. The molecule has 0 aromatic heterocycles. The molecule has 0 fully saturated rings. The van der Waals surface area contributed by atoms with Crippen molar-refractivity contribution in [3.63, 3.8) is 0 Å². The Labute approximate surface area is 160 Å². The number of allylic oxidation sites excluding steroid dienone is 3. The molecule has 3 rings (SSSR count). The highest BCUT2D eigenvalue weighted by atomic mass is 16.6. The van der Waals surface area contributed by atoms with Crippen molar-refractivity contribution in [1.82, 2.24) is 0 Å². The molecular formula is C24H24O3. The van der Waals surface area contributed by atoms with Gasteiger partial charge in [-0.1, -0.05) is 75.1 Å². The van der Waals surface area contributed by atoms with Crippen molar-refractivity contribution in [2.75, 3.05) is 0 Å². The van der Waals surface area contributed by atoms with Gasteiger partial charge in [-0.15, -0.1) is 0 Å². The Balaban J connectivity index is 2.19. The zero-order valence-corrected chi connectivity index (χ0v) is 15.7. The van der Waals surface area contributed by atoms with E-state index in [1.54, 1.807) is 36.4 Å². The van der Waals surface area contributed by atoms with E-state index >= 15 is 0 Å². The molecular weight excluding hydrogens is 336 g/mol. The van der Waals surface area contributed by atoms with E-state index in [1.807, 2.05) is 30.4 Å². The molecule has 1 aliphatic rings. The van der Waals surface area contributed by atoms with E-state index < -0.39 is 5.60 Å². The van der Waals surface area contributed by atoms with Gasteiger partial charge in [-0.3, -0.25) is 0 Å². The number of carbonyl (C=O) groups is 1. The summed E-state index contributed by atoms with van der Waals surface area (Å²) in [6.45, 7) is 8.29. The molecule has 0 aliphatic carbocycles. The van der Waals surface area contributed by atoms with Gasteiger partial charge in [-0.2, -0.15) is 0 Å². The first-order chi connectivity index (χ1) is 13.0. The van der Waals surface area contributed by atoms with Gasteiger partial charge < -0.3 is 9.84 Å². The Morgan fingerprint density at radius 1 is 1.19 bits per heavy atom. The first-order valence-corrected chi connectivity index (χ1v) is 9.11. The summed E-state index contributed by atoms with van der Waals surface area (Å²) < 4.78 is 5.98. The van der Waals surface area contributed by atoms with E-state index in [0.29, 0.717) is 11.5 Å². The molecule has 1 atom stereocenters. The van der Waals surface area contributed by atoms with Crippen molar-refractivity contribution in [3.05, 3.63) is 102 Å². The van der Waals surface area contributed by atoms with Crippen LogP contribution in [0.3, 0.4) is 0 Å². The molecule has 1 aliphatic heterocycles. The SMILES string of the molecule is C=C/C(=C\C=C/CC(C)C)C1(c2ccc(O)cc2)OC(=O)c2ccccc21. The van der Waals surface area contributed by atoms with Crippen molar-refractivity contribution in [3.8, 4) is 5.75 Å². The number of hydrogen-bond acceptors (Lipinski definition) is 3.